The van der Waals surface area contributed by atoms with E-state index in [4.69, 9.17) is 9.47 Å². The van der Waals surface area contributed by atoms with E-state index in [-0.39, 0.29) is 6.29 Å². The fourth-order valence-electron chi connectivity index (χ4n) is 5.55. The molecule has 2 heteroatoms. The summed E-state index contributed by atoms with van der Waals surface area (Å²) in [6, 6.07) is 0. The van der Waals surface area contributed by atoms with Crippen LogP contribution in [-0.2, 0) is 9.47 Å². The Labute approximate surface area is 240 Å². The summed E-state index contributed by atoms with van der Waals surface area (Å²) in [6.45, 7) is 4.06. The van der Waals surface area contributed by atoms with Gasteiger partial charge in [-0.1, -0.05) is 148 Å². The fraction of sp³-hybridized carbons (Fsp3) is 0.944. The molecule has 1 heterocycles. The topological polar surface area (TPSA) is 18.5 Å². The second-order valence-electron chi connectivity index (χ2n) is 12.0. The van der Waals surface area contributed by atoms with E-state index < -0.39 is 0 Å². The molecule has 1 unspecified atom stereocenters. The molecule has 0 aromatic carbocycles. The van der Waals surface area contributed by atoms with E-state index in [1.165, 1.54) is 173 Å². The molecule has 0 aliphatic carbocycles. The summed E-state index contributed by atoms with van der Waals surface area (Å²) in [5, 5.41) is 0. The first-order valence-electron chi connectivity index (χ1n) is 17.6. The molecule has 0 radical (unpaired) electrons. The van der Waals surface area contributed by atoms with Gasteiger partial charge in [-0.15, -0.1) is 11.8 Å². The van der Waals surface area contributed by atoms with Crippen molar-refractivity contribution in [1.82, 2.24) is 0 Å². The highest BCUT2D eigenvalue weighted by Crippen LogP contribution is 2.16. The van der Waals surface area contributed by atoms with Gasteiger partial charge < -0.3 is 9.47 Å². The molecule has 0 amide bonds. The highest BCUT2D eigenvalue weighted by molar-refractivity contribution is 4.98. The van der Waals surface area contributed by atoms with Gasteiger partial charge >= 0.3 is 0 Å². The molecule has 2 nitrogen and oxygen atoms in total. The summed E-state index contributed by atoms with van der Waals surface area (Å²) in [7, 11) is 0. The lowest BCUT2D eigenvalue weighted by molar-refractivity contribution is -0.162. The Morgan fingerprint density at radius 3 is 1.29 bits per heavy atom. The van der Waals surface area contributed by atoms with Crippen molar-refractivity contribution in [3.05, 3.63) is 0 Å². The predicted molar refractivity (Wildman–Crippen MR) is 168 cm³/mol. The lowest BCUT2D eigenvalue weighted by Crippen LogP contribution is -2.22. The molecule has 0 aromatic heterocycles. The van der Waals surface area contributed by atoms with Crippen LogP contribution in [0.25, 0.3) is 0 Å². The van der Waals surface area contributed by atoms with Gasteiger partial charge in [0.15, 0.2) is 6.29 Å². The second kappa shape index (κ2) is 31.0. The minimum absolute atomic E-state index is 0.0867. The molecular formula is C36H68O2. The molecular weight excluding hydrogens is 464 g/mol. The van der Waals surface area contributed by atoms with E-state index in [1.807, 2.05) is 0 Å². The predicted octanol–water partition coefficient (Wildman–Crippen LogP) is 12.1. The second-order valence-corrected chi connectivity index (χ2v) is 12.0. The summed E-state index contributed by atoms with van der Waals surface area (Å²) in [5.74, 6) is 6.83. The first-order chi connectivity index (χ1) is 18.9. The van der Waals surface area contributed by atoms with Gasteiger partial charge in [-0.25, -0.2) is 0 Å². The zero-order valence-corrected chi connectivity index (χ0v) is 26.0. The van der Waals surface area contributed by atoms with Crippen LogP contribution in [0.2, 0.25) is 0 Å². The molecule has 224 valence electrons. The monoisotopic (exact) mass is 533 g/mol. The Morgan fingerprint density at radius 2 is 0.895 bits per heavy atom. The van der Waals surface area contributed by atoms with Crippen molar-refractivity contribution in [3.63, 3.8) is 0 Å². The van der Waals surface area contributed by atoms with Crippen molar-refractivity contribution in [2.24, 2.45) is 0 Å². The Balaban J connectivity index is 1.65. The van der Waals surface area contributed by atoms with Gasteiger partial charge in [-0.2, -0.15) is 0 Å². The first-order valence-corrected chi connectivity index (χ1v) is 17.6. The molecule has 1 aliphatic rings. The quantitative estimate of drug-likeness (QED) is 0.0736. The molecule has 0 bridgehead atoms. The summed E-state index contributed by atoms with van der Waals surface area (Å²) < 4.78 is 11.4. The van der Waals surface area contributed by atoms with Crippen LogP contribution in [0.3, 0.4) is 0 Å². The Kier molecular flexibility index (Phi) is 29.0. The maximum Gasteiger partial charge on any atom is 0.157 e. The molecule has 1 rings (SSSR count). The van der Waals surface area contributed by atoms with Gasteiger partial charge in [0, 0.05) is 26.1 Å². The number of rotatable bonds is 28. The number of ether oxygens (including phenoxy) is 2. The maximum atomic E-state index is 5.81. The van der Waals surface area contributed by atoms with Crippen LogP contribution in [0.1, 0.15) is 200 Å². The fourth-order valence-corrected chi connectivity index (χ4v) is 5.55. The maximum absolute atomic E-state index is 5.81. The first kappa shape index (κ1) is 35.5. The van der Waals surface area contributed by atoms with Gasteiger partial charge in [-0.05, 0) is 38.5 Å². The highest BCUT2D eigenvalue weighted by atomic mass is 16.7. The van der Waals surface area contributed by atoms with Gasteiger partial charge in [0.1, 0.15) is 0 Å². The largest absolute Gasteiger partial charge is 0.353 e. The van der Waals surface area contributed by atoms with E-state index in [0.717, 1.165) is 32.5 Å². The van der Waals surface area contributed by atoms with Crippen LogP contribution in [-0.4, -0.2) is 19.5 Å². The van der Waals surface area contributed by atoms with Crippen molar-refractivity contribution < 1.29 is 9.47 Å². The van der Waals surface area contributed by atoms with Crippen LogP contribution < -0.4 is 0 Å². The zero-order valence-electron chi connectivity index (χ0n) is 26.0. The average Bonchev–Trinajstić information content (AvgIpc) is 2.94. The Hall–Kier alpha value is -0.520. The van der Waals surface area contributed by atoms with E-state index in [1.54, 1.807) is 0 Å². The molecule has 0 saturated carbocycles. The van der Waals surface area contributed by atoms with Crippen molar-refractivity contribution in [1.29, 1.82) is 0 Å². The molecule has 1 saturated heterocycles. The molecule has 0 aromatic rings. The third kappa shape index (κ3) is 27.1. The van der Waals surface area contributed by atoms with E-state index in [2.05, 4.69) is 18.8 Å². The van der Waals surface area contributed by atoms with E-state index >= 15 is 0 Å². The summed E-state index contributed by atoms with van der Waals surface area (Å²) in [4.78, 5) is 0. The molecule has 1 fully saturated rings. The van der Waals surface area contributed by atoms with Gasteiger partial charge in [0.05, 0.1) is 0 Å². The number of hydrogen-bond donors (Lipinski definition) is 0. The zero-order chi connectivity index (χ0) is 27.0. The van der Waals surface area contributed by atoms with Gasteiger partial charge in [-0.3, -0.25) is 0 Å². The minimum atomic E-state index is 0.0867. The van der Waals surface area contributed by atoms with Crippen molar-refractivity contribution >= 4 is 0 Å². The van der Waals surface area contributed by atoms with Gasteiger partial charge in [0.2, 0.25) is 0 Å². The van der Waals surface area contributed by atoms with Crippen molar-refractivity contribution in [2.45, 2.75) is 206 Å². The standard InChI is InChI=1S/C36H68O2/c1-2-3-4-5-6-7-8-9-10-11-12-13-14-15-16-17-18-19-20-21-22-23-24-25-26-27-28-29-31-34-37-36-33-30-32-35-38-36/h36H,2-20,23-35H2,1H3. The summed E-state index contributed by atoms with van der Waals surface area (Å²) in [5.41, 5.74) is 0. The molecule has 1 atom stereocenters. The Morgan fingerprint density at radius 1 is 0.500 bits per heavy atom. The summed E-state index contributed by atoms with van der Waals surface area (Å²) in [6.07, 6.45) is 41.0. The third-order valence-electron chi connectivity index (χ3n) is 8.17. The van der Waals surface area contributed by atoms with Crippen LogP contribution in [0, 0.1) is 11.8 Å². The van der Waals surface area contributed by atoms with Crippen molar-refractivity contribution in [3.8, 4) is 11.8 Å². The Bertz CT molecular complexity index is 499. The number of unbranched alkanes of at least 4 members (excludes halogenated alkanes) is 25. The minimum Gasteiger partial charge on any atom is -0.353 e. The lowest BCUT2D eigenvalue weighted by atomic mass is 10.0. The third-order valence-corrected chi connectivity index (χ3v) is 8.17. The lowest BCUT2D eigenvalue weighted by Gasteiger charge is -2.22. The van der Waals surface area contributed by atoms with Crippen LogP contribution in [0.15, 0.2) is 0 Å². The van der Waals surface area contributed by atoms with Crippen LogP contribution >= 0.6 is 0 Å². The SMILES string of the molecule is CCCCCCCCCCCCCCCCCCCCC#CCCCCCCCCCOC1CCCCO1. The van der Waals surface area contributed by atoms with Crippen LogP contribution in [0.5, 0.6) is 0 Å². The molecule has 0 spiro atoms. The molecule has 1 aliphatic heterocycles. The molecule has 38 heavy (non-hydrogen) atoms. The molecule has 0 N–H and O–H groups in total. The van der Waals surface area contributed by atoms with Crippen molar-refractivity contribution in [2.75, 3.05) is 13.2 Å². The highest BCUT2D eigenvalue weighted by Gasteiger charge is 2.13. The normalized spacial score (nSPS) is 15.4. The smallest absolute Gasteiger partial charge is 0.157 e. The number of hydrogen-bond acceptors (Lipinski definition) is 2. The summed E-state index contributed by atoms with van der Waals surface area (Å²) >= 11 is 0. The average molecular weight is 533 g/mol. The van der Waals surface area contributed by atoms with Crippen LogP contribution in [0.4, 0.5) is 0 Å². The van der Waals surface area contributed by atoms with Gasteiger partial charge in [0.25, 0.3) is 0 Å². The van der Waals surface area contributed by atoms with E-state index in [9.17, 15) is 0 Å². The van der Waals surface area contributed by atoms with E-state index in [0.29, 0.717) is 0 Å².